The molecule has 0 saturated carbocycles. The quantitative estimate of drug-likeness (QED) is 0.112. The van der Waals surface area contributed by atoms with E-state index in [1.807, 2.05) is 0 Å². The first-order valence-electron chi connectivity index (χ1n) is 15.6. The molecule has 0 heterocycles. The molecule has 0 radical (unpaired) electrons. The van der Waals surface area contributed by atoms with Gasteiger partial charge in [-0.2, -0.15) is 0 Å². The van der Waals surface area contributed by atoms with Crippen LogP contribution in [0.5, 0.6) is 0 Å². The van der Waals surface area contributed by atoms with Gasteiger partial charge < -0.3 is 23.7 Å². The maximum Gasteiger partial charge on any atom is 0.410 e. The van der Waals surface area contributed by atoms with Crippen molar-refractivity contribution in [2.24, 2.45) is 0 Å². The van der Waals surface area contributed by atoms with Crippen molar-refractivity contribution in [2.75, 3.05) is 7.05 Å². The molecule has 0 fully saturated rings. The predicted molar refractivity (Wildman–Crippen MR) is 178 cm³/mol. The van der Waals surface area contributed by atoms with E-state index >= 15 is 0 Å². The van der Waals surface area contributed by atoms with Crippen molar-refractivity contribution in [3.8, 4) is 0 Å². The van der Waals surface area contributed by atoms with Gasteiger partial charge in [0.15, 0.2) is 0 Å². The lowest BCUT2D eigenvalue weighted by Gasteiger charge is -2.31. The lowest BCUT2D eigenvalue weighted by atomic mass is 10.1. The molecule has 0 aliphatic heterocycles. The Morgan fingerprint density at radius 2 is 1.00 bits per heavy atom. The minimum atomic E-state index is -2.05. The van der Waals surface area contributed by atoms with Crippen LogP contribution in [-0.2, 0) is 42.9 Å². The molecule has 0 bridgehead atoms. The number of esters is 4. The minimum absolute atomic E-state index is 0.342. The second kappa shape index (κ2) is 16.4. The van der Waals surface area contributed by atoms with E-state index in [1.165, 1.54) is 98.7 Å². The number of nitrogens with zero attached hydrogens (tertiary/aromatic N) is 3. The largest absolute Gasteiger partial charge is 0.457 e. The number of likely N-dealkylation sites (N-methyl/N-ethyl adjacent to an activating group) is 1. The molecule has 0 spiro atoms. The monoisotopic (exact) mass is 717 g/mol. The number of hydrogen-bond acceptors (Lipinski definition) is 14. The highest BCUT2D eigenvalue weighted by atomic mass is 16.6. The van der Waals surface area contributed by atoms with E-state index in [0.717, 1.165) is 19.2 Å². The van der Waals surface area contributed by atoms with E-state index in [1.54, 1.807) is 0 Å². The number of benzene rings is 2. The maximum atomic E-state index is 13.9. The van der Waals surface area contributed by atoms with Gasteiger partial charge in [0.25, 0.3) is 11.4 Å². The van der Waals surface area contributed by atoms with Crippen molar-refractivity contribution in [3.63, 3.8) is 0 Å². The van der Waals surface area contributed by atoms with Gasteiger partial charge in [-0.3, -0.25) is 29.9 Å². The number of nitro groups is 2. The van der Waals surface area contributed by atoms with Crippen LogP contribution in [0.15, 0.2) is 48.5 Å². The normalized spacial score (nSPS) is 13.5. The zero-order valence-corrected chi connectivity index (χ0v) is 30.1. The molecule has 0 saturated heterocycles. The second-order valence-electron chi connectivity index (χ2n) is 14.2. The maximum absolute atomic E-state index is 13.9. The smallest absolute Gasteiger partial charge is 0.410 e. The van der Waals surface area contributed by atoms with Gasteiger partial charge >= 0.3 is 30.0 Å². The summed E-state index contributed by atoms with van der Waals surface area (Å²) >= 11 is 0. The first-order valence-corrected chi connectivity index (χ1v) is 15.6. The Morgan fingerprint density at radius 1 is 0.627 bits per heavy atom. The van der Waals surface area contributed by atoms with Crippen molar-refractivity contribution in [1.82, 2.24) is 4.90 Å². The molecule has 1 amide bonds. The van der Waals surface area contributed by atoms with Gasteiger partial charge in [-0.25, -0.2) is 19.2 Å². The molecule has 0 aromatic heterocycles. The average Bonchev–Trinajstić information content (AvgIpc) is 2.98. The van der Waals surface area contributed by atoms with E-state index < -0.39 is 92.7 Å². The Balaban J connectivity index is 2.63. The lowest BCUT2D eigenvalue weighted by Crippen LogP contribution is -2.47. The summed E-state index contributed by atoms with van der Waals surface area (Å²) in [5.41, 5.74) is -5.23. The fourth-order valence-corrected chi connectivity index (χ4v) is 4.31. The van der Waals surface area contributed by atoms with Crippen LogP contribution in [-0.4, -0.2) is 74.6 Å². The number of amides is 1. The Labute approximate surface area is 294 Å². The van der Waals surface area contributed by atoms with Crippen LogP contribution in [0.4, 0.5) is 16.2 Å². The van der Waals surface area contributed by atoms with E-state index in [2.05, 4.69) is 0 Å². The van der Waals surface area contributed by atoms with Crippen molar-refractivity contribution in [2.45, 2.75) is 104 Å². The third-order valence-corrected chi connectivity index (χ3v) is 6.34. The Morgan fingerprint density at radius 3 is 1.37 bits per heavy atom. The number of para-hydroxylation sites is 2. The number of carbonyl (C=O) groups excluding carboxylic acids is 5. The van der Waals surface area contributed by atoms with Crippen LogP contribution in [0.2, 0.25) is 0 Å². The lowest BCUT2D eigenvalue weighted by molar-refractivity contribution is -0.386. The SMILES string of the molecule is CN(C(=O)OC(C)(C)C)[C@H](CC(=O)OC(C(=O)OC(C)(C)C)c1ccccc1[N+](=O)[O-])C(=O)OC(C(=O)OC(C)(C)C)c1ccccc1[N+](=O)[O-]. The van der Waals surface area contributed by atoms with Crippen LogP contribution in [0.1, 0.15) is 92.1 Å². The van der Waals surface area contributed by atoms with Gasteiger partial charge in [0.1, 0.15) is 22.8 Å². The molecular weight excluding hydrogens is 674 g/mol. The Bertz CT molecular complexity index is 1650. The number of nitro benzene ring substituents is 2. The van der Waals surface area contributed by atoms with Crippen molar-refractivity contribution >= 4 is 41.3 Å². The highest BCUT2D eigenvalue weighted by Gasteiger charge is 2.42. The van der Waals surface area contributed by atoms with Gasteiger partial charge in [0.2, 0.25) is 12.2 Å². The molecule has 0 aliphatic carbocycles. The van der Waals surface area contributed by atoms with E-state index in [9.17, 15) is 44.2 Å². The highest BCUT2D eigenvalue weighted by molar-refractivity contribution is 5.90. The summed E-state index contributed by atoms with van der Waals surface area (Å²) in [5, 5.41) is 23.7. The predicted octanol–water partition coefficient (Wildman–Crippen LogP) is 5.68. The number of hydrogen-bond donors (Lipinski definition) is 0. The third kappa shape index (κ3) is 12.7. The summed E-state index contributed by atoms with van der Waals surface area (Å²) in [5.74, 6) is -5.13. The number of rotatable bonds is 12. The average molecular weight is 718 g/mol. The van der Waals surface area contributed by atoms with Crippen LogP contribution in [0.3, 0.4) is 0 Å². The van der Waals surface area contributed by atoms with Gasteiger partial charge in [-0.15, -0.1) is 0 Å². The first kappa shape index (κ1) is 41.6. The van der Waals surface area contributed by atoms with Crippen LogP contribution in [0.25, 0.3) is 0 Å². The molecule has 17 nitrogen and oxygen atoms in total. The molecular formula is C34H43N3O14. The molecule has 278 valence electrons. The Hall–Kier alpha value is -5.61. The fourth-order valence-electron chi connectivity index (χ4n) is 4.31. The molecule has 0 aliphatic rings. The van der Waals surface area contributed by atoms with Crippen LogP contribution >= 0.6 is 0 Å². The number of carbonyl (C=O) groups is 5. The highest BCUT2D eigenvalue weighted by Crippen LogP contribution is 2.33. The summed E-state index contributed by atoms with van der Waals surface area (Å²) in [7, 11) is 1.08. The minimum Gasteiger partial charge on any atom is -0.457 e. The standard InChI is InChI=1S/C34H43N3O14/c1-32(2,3)49-29(40)26(20-15-11-13-17-22(20)36(43)44)47-25(38)19-24(35(10)31(42)51-34(7,8)9)28(39)48-27(30(41)50-33(4,5)6)21-16-12-14-18-23(21)37(45)46/h11-18,24,26-27H,19H2,1-10H3/t24-,26?,27?/m1/s1. The van der Waals surface area contributed by atoms with Gasteiger partial charge in [0.05, 0.1) is 27.4 Å². The van der Waals surface area contributed by atoms with Gasteiger partial charge in [0, 0.05) is 19.2 Å². The van der Waals surface area contributed by atoms with Crippen LogP contribution in [0, 0.1) is 20.2 Å². The molecule has 2 unspecified atom stereocenters. The molecule has 2 aromatic rings. The summed E-state index contributed by atoms with van der Waals surface area (Å²) in [6, 6.07) is 7.93. The first-order chi connectivity index (χ1) is 23.3. The zero-order chi connectivity index (χ0) is 39.1. The van der Waals surface area contributed by atoms with Gasteiger partial charge in [-0.05, 0) is 74.4 Å². The van der Waals surface area contributed by atoms with Crippen molar-refractivity contribution in [3.05, 3.63) is 79.9 Å². The summed E-state index contributed by atoms with van der Waals surface area (Å²) in [6.45, 7) is 13.7. The van der Waals surface area contributed by atoms with Gasteiger partial charge in [-0.1, -0.05) is 24.3 Å². The molecule has 2 rings (SSSR count). The van der Waals surface area contributed by atoms with Crippen molar-refractivity contribution in [1.29, 1.82) is 0 Å². The molecule has 17 heteroatoms. The van der Waals surface area contributed by atoms with E-state index in [4.69, 9.17) is 23.7 Å². The summed E-state index contributed by atoms with van der Waals surface area (Å²) in [4.78, 5) is 90.0. The van der Waals surface area contributed by atoms with Crippen LogP contribution < -0.4 is 0 Å². The summed E-state index contributed by atoms with van der Waals surface area (Å²) < 4.78 is 27.0. The molecule has 0 N–H and O–H groups in total. The summed E-state index contributed by atoms with van der Waals surface area (Å²) in [6.07, 6.45) is -6.22. The van der Waals surface area contributed by atoms with E-state index in [0.29, 0.717) is 4.90 Å². The zero-order valence-electron chi connectivity index (χ0n) is 30.1. The van der Waals surface area contributed by atoms with E-state index in [-0.39, 0.29) is 11.1 Å². The third-order valence-electron chi connectivity index (χ3n) is 6.34. The molecule has 3 atom stereocenters. The fraction of sp³-hybridized carbons (Fsp3) is 0.500. The topological polar surface area (TPSA) is 221 Å². The number of ether oxygens (including phenoxy) is 5. The van der Waals surface area contributed by atoms with Crippen molar-refractivity contribution < 1.29 is 57.5 Å². The molecule has 51 heavy (non-hydrogen) atoms. The molecule has 2 aromatic carbocycles. The Kier molecular flexibility index (Phi) is 13.4. The second-order valence-corrected chi connectivity index (χ2v) is 14.2.